The molecule has 19 heavy (non-hydrogen) atoms. The summed E-state index contributed by atoms with van der Waals surface area (Å²) in [5.74, 6) is 0.104. The van der Waals surface area contributed by atoms with Gasteiger partial charge in [-0.1, -0.05) is 20.8 Å². The van der Waals surface area contributed by atoms with Crippen molar-refractivity contribution < 1.29 is 13.5 Å². The maximum absolute atomic E-state index is 11.8. The molecule has 1 rings (SSSR count). The van der Waals surface area contributed by atoms with E-state index in [1.807, 2.05) is 20.8 Å². The smallest absolute Gasteiger partial charge is 0.211 e. The molecule has 0 atom stereocenters. The van der Waals surface area contributed by atoms with E-state index in [-0.39, 0.29) is 23.5 Å². The summed E-state index contributed by atoms with van der Waals surface area (Å²) in [6.07, 6.45) is 0.575. The van der Waals surface area contributed by atoms with Gasteiger partial charge in [0.2, 0.25) is 10.0 Å². The fourth-order valence-electron chi connectivity index (χ4n) is 1.45. The normalized spacial score (nSPS) is 12.6. The van der Waals surface area contributed by atoms with Crippen molar-refractivity contribution in [2.45, 2.75) is 33.7 Å². The monoisotopic (exact) mass is 286 g/mol. The fraction of sp³-hybridized carbons (Fsp3) is 0.538. The predicted molar refractivity (Wildman–Crippen MR) is 77.2 cm³/mol. The topological polar surface area (TPSA) is 92.4 Å². The van der Waals surface area contributed by atoms with Crippen LogP contribution in [0.15, 0.2) is 18.2 Å². The van der Waals surface area contributed by atoms with Crippen LogP contribution in [0.2, 0.25) is 0 Å². The molecule has 0 bridgehead atoms. The van der Waals surface area contributed by atoms with Crippen molar-refractivity contribution in [3.05, 3.63) is 23.8 Å². The van der Waals surface area contributed by atoms with Crippen molar-refractivity contribution >= 4 is 15.7 Å². The van der Waals surface area contributed by atoms with Gasteiger partial charge in [-0.2, -0.15) is 0 Å². The first-order chi connectivity index (χ1) is 8.59. The van der Waals surface area contributed by atoms with E-state index in [0.29, 0.717) is 17.7 Å². The lowest BCUT2D eigenvalue weighted by Crippen LogP contribution is -2.28. The Morgan fingerprint density at radius 2 is 1.95 bits per heavy atom. The van der Waals surface area contributed by atoms with Gasteiger partial charge in [0.25, 0.3) is 0 Å². The largest absolute Gasteiger partial charge is 0.508 e. The van der Waals surface area contributed by atoms with Gasteiger partial charge < -0.3 is 10.8 Å². The number of hydrogen-bond acceptors (Lipinski definition) is 4. The predicted octanol–water partition coefficient (Wildman–Crippen LogP) is 1.83. The van der Waals surface area contributed by atoms with E-state index in [2.05, 4.69) is 4.72 Å². The number of aromatic hydroxyl groups is 1. The molecule has 1 aromatic carbocycles. The van der Waals surface area contributed by atoms with Crippen LogP contribution in [0.3, 0.4) is 0 Å². The number of nitrogen functional groups attached to an aromatic ring is 1. The molecule has 6 heteroatoms. The number of hydrogen-bond donors (Lipinski definition) is 3. The van der Waals surface area contributed by atoms with Gasteiger partial charge in [0.05, 0.1) is 5.75 Å². The lowest BCUT2D eigenvalue weighted by Gasteiger charge is -2.18. The van der Waals surface area contributed by atoms with E-state index in [1.165, 1.54) is 6.07 Å². The Kier molecular flexibility index (Phi) is 4.81. The summed E-state index contributed by atoms with van der Waals surface area (Å²) in [6, 6.07) is 4.57. The first-order valence-corrected chi connectivity index (χ1v) is 7.79. The zero-order valence-electron chi connectivity index (χ0n) is 11.6. The summed E-state index contributed by atoms with van der Waals surface area (Å²) in [5.41, 5.74) is 6.52. The highest BCUT2D eigenvalue weighted by atomic mass is 32.2. The molecule has 0 spiro atoms. The van der Waals surface area contributed by atoms with Gasteiger partial charge in [-0.15, -0.1) is 0 Å². The summed E-state index contributed by atoms with van der Waals surface area (Å²) >= 11 is 0. The third kappa shape index (κ3) is 5.94. The minimum absolute atomic E-state index is 0.0337. The minimum atomic E-state index is -3.34. The average molecular weight is 286 g/mol. The van der Waals surface area contributed by atoms with Crippen LogP contribution in [-0.2, 0) is 16.6 Å². The number of phenolic OH excluding ortho intramolecular Hbond substituents is 1. The molecule has 0 heterocycles. The lowest BCUT2D eigenvalue weighted by atomic mass is 9.94. The van der Waals surface area contributed by atoms with Crippen LogP contribution in [0.4, 0.5) is 5.69 Å². The summed E-state index contributed by atoms with van der Waals surface area (Å²) in [6.45, 7) is 6.02. The van der Waals surface area contributed by atoms with Gasteiger partial charge in [-0.3, -0.25) is 0 Å². The van der Waals surface area contributed by atoms with E-state index < -0.39 is 10.0 Å². The minimum Gasteiger partial charge on any atom is -0.508 e. The van der Waals surface area contributed by atoms with Crippen LogP contribution >= 0.6 is 0 Å². The van der Waals surface area contributed by atoms with Crippen LogP contribution in [0, 0.1) is 5.41 Å². The Bertz CT molecular complexity index is 533. The molecule has 4 N–H and O–H groups in total. The molecule has 0 aromatic heterocycles. The van der Waals surface area contributed by atoms with Crippen molar-refractivity contribution in [2.75, 3.05) is 11.5 Å². The molecule has 1 aromatic rings. The number of nitrogens with one attached hydrogen (secondary N) is 1. The van der Waals surface area contributed by atoms with Gasteiger partial charge >= 0.3 is 0 Å². The molecule has 0 radical (unpaired) electrons. The molecule has 0 aliphatic heterocycles. The number of phenols is 1. The van der Waals surface area contributed by atoms with E-state index in [4.69, 9.17) is 5.73 Å². The SMILES string of the molecule is CC(C)(C)CCS(=O)(=O)NCc1cc(N)ccc1O. The van der Waals surface area contributed by atoms with Crippen molar-refractivity contribution in [3.8, 4) is 5.75 Å². The fourth-order valence-corrected chi connectivity index (χ4v) is 2.85. The van der Waals surface area contributed by atoms with Gasteiger partial charge in [0, 0.05) is 17.8 Å². The number of rotatable bonds is 5. The zero-order valence-corrected chi connectivity index (χ0v) is 12.4. The number of benzene rings is 1. The Hall–Kier alpha value is -1.27. The highest BCUT2D eigenvalue weighted by Gasteiger charge is 2.17. The van der Waals surface area contributed by atoms with Gasteiger partial charge in [0.1, 0.15) is 5.75 Å². The third-order valence-electron chi connectivity index (χ3n) is 2.71. The van der Waals surface area contributed by atoms with E-state index in [0.717, 1.165) is 0 Å². The van der Waals surface area contributed by atoms with Crippen molar-refractivity contribution in [1.29, 1.82) is 0 Å². The lowest BCUT2D eigenvalue weighted by molar-refractivity contribution is 0.396. The second kappa shape index (κ2) is 5.79. The molecular weight excluding hydrogens is 264 g/mol. The Morgan fingerprint density at radius 1 is 1.32 bits per heavy atom. The van der Waals surface area contributed by atoms with Crippen LogP contribution in [-0.4, -0.2) is 19.3 Å². The van der Waals surface area contributed by atoms with Gasteiger partial charge in [-0.25, -0.2) is 13.1 Å². The highest BCUT2D eigenvalue weighted by molar-refractivity contribution is 7.89. The molecule has 0 amide bonds. The van der Waals surface area contributed by atoms with Crippen molar-refractivity contribution in [2.24, 2.45) is 5.41 Å². The third-order valence-corrected chi connectivity index (χ3v) is 4.03. The zero-order chi connectivity index (χ0) is 14.7. The maximum Gasteiger partial charge on any atom is 0.211 e. The van der Waals surface area contributed by atoms with Gasteiger partial charge in [0.15, 0.2) is 0 Å². The average Bonchev–Trinajstić information content (AvgIpc) is 2.27. The molecular formula is C13H22N2O3S. The number of sulfonamides is 1. The van der Waals surface area contributed by atoms with Crippen LogP contribution < -0.4 is 10.5 Å². The van der Waals surface area contributed by atoms with E-state index in [9.17, 15) is 13.5 Å². The summed E-state index contributed by atoms with van der Waals surface area (Å²) in [4.78, 5) is 0. The van der Waals surface area contributed by atoms with Crippen LogP contribution in [0.1, 0.15) is 32.8 Å². The Labute approximate surface area is 114 Å². The molecule has 5 nitrogen and oxygen atoms in total. The second-order valence-electron chi connectivity index (χ2n) is 5.84. The standard InChI is InChI=1S/C13H22N2O3S/c1-13(2,3)6-7-19(17,18)15-9-10-8-11(14)4-5-12(10)16/h4-5,8,15-16H,6-7,9,14H2,1-3H3. The van der Waals surface area contributed by atoms with E-state index in [1.54, 1.807) is 12.1 Å². The molecule has 0 aliphatic rings. The number of anilines is 1. The molecule has 0 fully saturated rings. The van der Waals surface area contributed by atoms with E-state index >= 15 is 0 Å². The number of nitrogens with two attached hydrogens (primary N) is 1. The van der Waals surface area contributed by atoms with Gasteiger partial charge in [-0.05, 0) is 30.0 Å². The Morgan fingerprint density at radius 3 is 2.53 bits per heavy atom. The first-order valence-electron chi connectivity index (χ1n) is 6.14. The van der Waals surface area contributed by atoms with Crippen molar-refractivity contribution in [3.63, 3.8) is 0 Å². The molecule has 0 unspecified atom stereocenters. The van der Waals surface area contributed by atoms with Crippen molar-refractivity contribution in [1.82, 2.24) is 4.72 Å². The summed E-state index contributed by atoms with van der Waals surface area (Å²) in [5, 5.41) is 9.60. The molecule has 0 saturated carbocycles. The Balaban J connectivity index is 2.63. The second-order valence-corrected chi connectivity index (χ2v) is 7.77. The highest BCUT2D eigenvalue weighted by Crippen LogP contribution is 2.21. The maximum atomic E-state index is 11.8. The summed E-state index contributed by atoms with van der Waals surface area (Å²) in [7, 11) is -3.34. The molecule has 0 aliphatic carbocycles. The van der Waals surface area contributed by atoms with Crippen LogP contribution in [0.25, 0.3) is 0 Å². The quantitative estimate of drug-likeness (QED) is 0.569. The molecule has 108 valence electrons. The summed E-state index contributed by atoms with van der Waals surface area (Å²) < 4.78 is 26.1. The van der Waals surface area contributed by atoms with Crippen LogP contribution in [0.5, 0.6) is 5.75 Å². The first kappa shape index (κ1) is 15.8. The molecule has 0 saturated heterocycles.